The minimum absolute atomic E-state index is 0.127. The van der Waals surface area contributed by atoms with Crippen molar-refractivity contribution < 1.29 is 9.53 Å². The van der Waals surface area contributed by atoms with Crippen LogP contribution in [0.2, 0.25) is 10.0 Å². The molecule has 0 bridgehead atoms. The summed E-state index contributed by atoms with van der Waals surface area (Å²) in [5.74, 6) is 0.290. The minimum atomic E-state index is -0.373. The van der Waals surface area contributed by atoms with Crippen LogP contribution in [0.25, 0.3) is 0 Å². The molecule has 0 radical (unpaired) electrons. The second-order valence-corrected chi connectivity index (χ2v) is 5.30. The number of para-hydroxylation sites is 1. The van der Waals surface area contributed by atoms with E-state index in [0.29, 0.717) is 21.4 Å². The smallest absolute Gasteiger partial charge is 0.277 e. The van der Waals surface area contributed by atoms with Crippen molar-refractivity contribution in [3.05, 3.63) is 63.6 Å². The SMILES string of the molecule is Cc1ccccc1OCC(=O)NN=Cc1c(Cl)cccc1Cl. The van der Waals surface area contributed by atoms with Crippen molar-refractivity contribution >= 4 is 35.3 Å². The second kappa shape index (κ2) is 7.82. The summed E-state index contributed by atoms with van der Waals surface area (Å²) in [5, 5.41) is 4.74. The van der Waals surface area contributed by atoms with Gasteiger partial charge in [-0.25, -0.2) is 5.43 Å². The van der Waals surface area contributed by atoms with Crippen molar-refractivity contribution in [1.29, 1.82) is 0 Å². The van der Waals surface area contributed by atoms with Crippen LogP contribution in [0, 0.1) is 6.92 Å². The molecule has 1 N–H and O–H groups in total. The lowest BCUT2D eigenvalue weighted by atomic mass is 10.2. The fourth-order valence-corrected chi connectivity index (χ4v) is 2.19. The van der Waals surface area contributed by atoms with Crippen molar-refractivity contribution in [3.63, 3.8) is 0 Å². The molecular formula is C16H14Cl2N2O2. The number of carbonyl (C=O) groups excluding carboxylic acids is 1. The molecule has 0 aliphatic rings. The van der Waals surface area contributed by atoms with E-state index in [2.05, 4.69) is 10.5 Å². The molecule has 2 aromatic carbocycles. The summed E-state index contributed by atoms with van der Waals surface area (Å²) in [5.41, 5.74) is 3.87. The third-order valence-corrected chi connectivity index (χ3v) is 3.49. The molecule has 0 aliphatic heterocycles. The topological polar surface area (TPSA) is 50.7 Å². The van der Waals surface area contributed by atoms with E-state index in [0.717, 1.165) is 5.56 Å². The van der Waals surface area contributed by atoms with Gasteiger partial charge in [-0.05, 0) is 30.7 Å². The Kier molecular flexibility index (Phi) is 5.81. The van der Waals surface area contributed by atoms with E-state index in [1.54, 1.807) is 24.3 Å². The highest BCUT2D eigenvalue weighted by molar-refractivity contribution is 6.38. The summed E-state index contributed by atoms with van der Waals surface area (Å²) in [6.07, 6.45) is 1.40. The molecule has 0 aromatic heterocycles. The first kappa shape index (κ1) is 16.3. The van der Waals surface area contributed by atoms with Crippen LogP contribution < -0.4 is 10.2 Å². The second-order valence-electron chi connectivity index (χ2n) is 4.48. The largest absolute Gasteiger partial charge is 0.483 e. The Labute approximate surface area is 138 Å². The highest BCUT2D eigenvalue weighted by atomic mass is 35.5. The zero-order valence-corrected chi connectivity index (χ0v) is 13.4. The zero-order valence-electron chi connectivity index (χ0n) is 11.8. The van der Waals surface area contributed by atoms with Crippen molar-refractivity contribution in [2.75, 3.05) is 6.61 Å². The van der Waals surface area contributed by atoms with Gasteiger partial charge in [-0.3, -0.25) is 4.79 Å². The first-order chi connectivity index (χ1) is 10.6. The number of carbonyl (C=O) groups is 1. The van der Waals surface area contributed by atoms with Crippen molar-refractivity contribution in [1.82, 2.24) is 5.43 Å². The number of rotatable bonds is 5. The number of hydrogen-bond donors (Lipinski definition) is 1. The van der Waals surface area contributed by atoms with Crippen LogP contribution in [-0.4, -0.2) is 18.7 Å². The van der Waals surface area contributed by atoms with Gasteiger partial charge in [-0.1, -0.05) is 47.5 Å². The van der Waals surface area contributed by atoms with E-state index in [1.807, 2.05) is 25.1 Å². The highest BCUT2D eigenvalue weighted by Crippen LogP contribution is 2.22. The lowest BCUT2D eigenvalue weighted by Gasteiger charge is -2.07. The molecule has 4 nitrogen and oxygen atoms in total. The van der Waals surface area contributed by atoms with E-state index in [4.69, 9.17) is 27.9 Å². The third kappa shape index (κ3) is 4.48. The minimum Gasteiger partial charge on any atom is -0.483 e. The zero-order chi connectivity index (χ0) is 15.9. The van der Waals surface area contributed by atoms with Crippen LogP contribution >= 0.6 is 23.2 Å². The van der Waals surface area contributed by atoms with Gasteiger partial charge in [0.2, 0.25) is 0 Å². The maximum Gasteiger partial charge on any atom is 0.277 e. The molecule has 0 heterocycles. The summed E-state index contributed by atoms with van der Waals surface area (Å²) in [4.78, 5) is 11.7. The predicted molar refractivity (Wildman–Crippen MR) is 88.9 cm³/mol. The van der Waals surface area contributed by atoms with Crippen LogP contribution in [0.1, 0.15) is 11.1 Å². The van der Waals surface area contributed by atoms with E-state index in [-0.39, 0.29) is 12.5 Å². The molecule has 2 rings (SSSR count). The summed E-state index contributed by atoms with van der Waals surface area (Å²) in [6.45, 7) is 1.78. The standard InChI is InChI=1S/C16H14Cl2N2O2/c1-11-5-2-3-8-15(11)22-10-16(21)20-19-9-12-13(17)6-4-7-14(12)18/h2-9H,10H2,1H3,(H,20,21). The van der Waals surface area contributed by atoms with Gasteiger partial charge in [-0.2, -0.15) is 5.10 Å². The number of nitrogens with zero attached hydrogens (tertiary/aromatic N) is 1. The Morgan fingerprint density at radius 1 is 1.18 bits per heavy atom. The molecule has 0 spiro atoms. The number of nitrogens with one attached hydrogen (secondary N) is 1. The molecule has 0 aliphatic carbocycles. The molecule has 0 fully saturated rings. The quantitative estimate of drug-likeness (QED) is 0.666. The molecule has 114 valence electrons. The Morgan fingerprint density at radius 3 is 2.55 bits per heavy atom. The third-order valence-electron chi connectivity index (χ3n) is 2.83. The first-order valence-corrected chi connectivity index (χ1v) is 7.28. The van der Waals surface area contributed by atoms with E-state index >= 15 is 0 Å². The van der Waals surface area contributed by atoms with Gasteiger partial charge in [-0.15, -0.1) is 0 Å². The number of hydrogen-bond acceptors (Lipinski definition) is 3. The molecule has 0 atom stereocenters. The summed E-state index contributed by atoms with van der Waals surface area (Å²) in [6, 6.07) is 12.6. The van der Waals surface area contributed by atoms with Crippen LogP contribution in [-0.2, 0) is 4.79 Å². The Morgan fingerprint density at radius 2 is 1.86 bits per heavy atom. The van der Waals surface area contributed by atoms with Gasteiger partial charge in [0, 0.05) is 5.56 Å². The van der Waals surface area contributed by atoms with Crippen molar-refractivity contribution in [2.24, 2.45) is 5.10 Å². The van der Waals surface area contributed by atoms with E-state index in [1.165, 1.54) is 6.21 Å². The number of amides is 1. The average Bonchev–Trinajstić information content (AvgIpc) is 2.49. The number of benzene rings is 2. The molecule has 1 amide bonds. The lowest BCUT2D eigenvalue weighted by Crippen LogP contribution is -2.24. The van der Waals surface area contributed by atoms with Gasteiger partial charge in [0.15, 0.2) is 6.61 Å². The van der Waals surface area contributed by atoms with Crippen LogP contribution in [0.4, 0.5) is 0 Å². The molecule has 0 saturated heterocycles. The summed E-state index contributed by atoms with van der Waals surface area (Å²) in [7, 11) is 0. The fraction of sp³-hybridized carbons (Fsp3) is 0.125. The maximum absolute atomic E-state index is 11.7. The number of halogens is 2. The number of ether oxygens (including phenoxy) is 1. The fourth-order valence-electron chi connectivity index (χ4n) is 1.70. The molecule has 0 saturated carbocycles. The highest BCUT2D eigenvalue weighted by Gasteiger charge is 2.04. The lowest BCUT2D eigenvalue weighted by molar-refractivity contribution is -0.123. The predicted octanol–water partition coefficient (Wildman–Crippen LogP) is 3.83. The Hall–Kier alpha value is -2.04. The van der Waals surface area contributed by atoms with Crippen LogP contribution in [0.15, 0.2) is 47.6 Å². The number of aryl methyl sites for hydroxylation is 1. The van der Waals surface area contributed by atoms with Gasteiger partial charge in [0.05, 0.1) is 16.3 Å². The number of hydrazone groups is 1. The molecule has 2 aromatic rings. The molecular weight excluding hydrogens is 323 g/mol. The molecule has 6 heteroatoms. The normalized spacial score (nSPS) is 10.7. The average molecular weight is 337 g/mol. The first-order valence-electron chi connectivity index (χ1n) is 6.52. The van der Waals surface area contributed by atoms with Gasteiger partial charge in [0.1, 0.15) is 5.75 Å². The van der Waals surface area contributed by atoms with Gasteiger partial charge >= 0.3 is 0 Å². The maximum atomic E-state index is 11.7. The Bertz CT molecular complexity index is 682. The van der Waals surface area contributed by atoms with Crippen LogP contribution in [0.3, 0.4) is 0 Å². The van der Waals surface area contributed by atoms with Crippen LogP contribution in [0.5, 0.6) is 5.75 Å². The van der Waals surface area contributed by atoms with Crippen molar-refractivity contribution in [2.45, 2.75) is 6.92 Å². The Balaban J connectivity index is 1.88. The van der Waals surface area contributed by atoms with Gasteiger partial charge in [0.25, 0.3) is 5.91 Å². The summed E-state index contributed by atoms with van der Waals surface area (Å²) >= 11 is 12.0. The molecule has 22 heavy (non-hydrogen) atoms. The molecule has 0 unspecified atom stereocenters. The van der Waals surface area contributed by atoms with E-state index < -0.39 is 0 Å². The van der Waals surface area contributed by atoms with E-state index in [9.17, 15) is 4.79 Å². The monoisotopic (exact) mass is 336 g/mol. The van der Waals surface area contributed by atoms with Gasteiger partial charge < -0.3 is 4.74 Å². The van der Waals surface area contributed by atoms with Crippen molar-refractivity contribution in [3.8, 4) is 5.75 Å². The summed E-state index contributed by atoms with van der Waals surface area (Å²) < 4.78 is 5.41.